The number of hydrogen-bond acceptors (Lipinski definition) is 8. The van der Waals surface area contributed by atoms with Crippen molar-refractivity contribution in [1.29, 1.82) is 0 Å². The zero-order valence-corrected chi connectivity index (χ0v) is 22.8. The molecule has 2 N–H and O–H groups in total. The number of rotatable bonds is 7. The number of ether oxygens (including phenoxy) is 1. The third kappa shape index (κ3) is 4.85. The summed E-state index contributed by atoms with van der Waals surface area (Å²) in [5, 5.41) is 10.1. The monoisotopic (exact) mass is 595 g/mol. The quantitative estimate of drug-likeness (QED) is 0.250. The van der Waals surface area contributed by atoms with E-state index in [0.717, 1.165) is 16.8 Å². The van der Waals surface area contributed by atoms with Crippen LogP contribution in [0.5, 0.6) is 11.5 Å². The van der Waals surface area contributed by atoms with Crippen LogP contribution in [0, 0.1) is 0 Å². The van der Waals surface area contributed by atoms with Crippen LogP contribution in [0.25, 0.3) is 16.7 Å². The van der Waals surface area contributed by atoms with Gasteiger partial charge in [-0.05, 0) is 11.6 Å². The highest BCUT2D eigenvalue weighted by Gasteiger charge is 2.32. The number of anilines is 3. The van der Waals surface area contributed by atoms with Gasteiger partial charge >= 0.3 is 6.18 Å². The van der Waals surface area contributed by atoms with Crippen molar-refractivity contribution >= 4 is 45.7 Å². The van der Waals surface area contributed by atoms with Gasteiger partial charge in [0.25, 0.3) is 5.56 Å². The predicted molar refractivity (Wildman–Crippen MR) is 151 cm³/mol. The Morgan fingerprint density at radius 2 is 1.86 bits per heavy atom. The Labute approximate surface area is 240 Å². The molecule has 0 saturated carbocycles. The number of alkyl halides is 3. The highest BCUT2D eigenvalue weighted by atomic mass is 35.5. The van der Waals surface area contributed by atoms with Gasteiger partial charge in [-0.3, -0.25) is 4.79 Å². The van der Waals surface area contributed by atoms with Gasteiger partial charge in [-0.2, -0.15) is 23.3 Å². The summed E-state index contributed by atoms with van der Waals surface area (Å²) in [7, 11) is 3.30. The zero-order chi connectivity index (χ0) is 29.6. The molecule has 5 aromatic heterocycles. The molecule has 0 unspecified atom stereocenters. The molecule has 0 fully saturated rings. The molecule has 0 atom stereocenters. The van der Waals surface area contributed by atoms with E-state index < -0.39 is 17.3 Å². The van der Waals surface area contributed by atoms with Crippen LogP contribution in [-0.4, -0.2) is 40.7 Å². The number of hydrogen-bond donors (Lipinski definition) is 2. The van der Waals surface area contributed by atoms with Crippen LogP contribution >= 0.6 is 11.6 Å². The molecule has 0 saturated heterocycles. The molecule has 11 nitrogen and oxygen atoms in total. The summed E-state index contributed by atoms with van der Waals surface area (Å²) in [5.74, 6) is 1.13. The first-order valence-corrected chi connectivity index (χ1v) is 12.8. The molecule has 6 rings (SSSR count). The fraction of sp³-hybridized carbons (Fsp3) is 0.148. The summed E-state index contributed by atoms with van der Waals surface area (Å²) in [6, 6.07) is 9.47. The van der Waals surface area contributed by atoms with E-state index in [9.17, 15) is 18.0 Å². The Kier molecular flexibility index (Phi) is 6.69. The minimum atomic E-state index is -4.69. The van der Waals surface area contributed by atoms with Gasteiger partial charge in [-0.15, -0.1) is 0 Å². The highest BCUT2D eigenvalue weighted by molar-refractivity contribution is 6.36. The highest BCUT2D eigenvalue weighted by Crippen LogP contribution is 2.38. The standard InChI is InChI=1S/C27H21ClF3N9O2/c1-32-23-21-19(12-35-40(21)9-8-33-23)42-18-11-34-24-22(20(18)28)38(2)26(37-24)36-17-10-16(27(29,30)31)14-39(25(17)41)13-15-6-4-3-5-7-15/h3-12,14H,13H2,1-2H3,(H,32,33)(H,34,36,37). The number of pyridine rings is 2. The number of halogens is 4. The molecule has 0 radical (unpaired) electrons. The molecular formula is C27H21ClF3N9O2. The minimum Gasteiger partial charge on any atom is -0.450 e. The lowest BCUT2D eigenvalue weighted by Crippen LogP contribution is -2.25. The first-order valence-electron chi connectivity index (χ1n) is 12.5. The molecule has 0 aliphatic heterocycles. The third-order valence-corrected chi connectivity index (χ3v) is 6.88. The first-order chi connectivity index (χ1) is 20.1. The van der Waals surface area contributed by atoms with Crippen molar-refractivity contribution < 1.29 is 17.9 Å². The van der Waals surface area contributed by atoms with Crippen LogP contribution < -0.4 is 20.9 Å². The largest absolute Gasteiger partial charge is 0.450 e. The number of aromatic nitrogens is 7. The second kappa shape index (κ2) is 10.4. The maximum Gasteiger partial charge on any atom is 0.417 e. The Morgan fingerprint density at radius 1 is 1.07 bits per heavy atom. The van der Waals surface area contributed by atoms with Gasteiger partial charge in [0, 0.05) is 32.7 Å². The maximum absolute atomic E-state index is 13.8. The zero-order valence-electron chi connectivity index (χ0n) is 22.0. The summed E-state index contributed by atoms with van der Waals surface area (Å²) < 4.78 is 51.5. The van der Waals surface area contributed by atoms with Crippen molar-refractivity contribution in [3.8, 4) is 11.5 Å². The fourth-order valence-electron chi connectivity index (χ4n) is 4.49. The first kappa shape index (κ1) is 27.1. The molecular weight excluding hydrogens is 575 g/mol. The fourth-order valence-corrected chi connectivity index (χ4v) is 4.79. The lowest BCUT2D eigenvalue weighted by atomic mass is 10.2. The molecule has 1 aromatic carbocycles. The Balaban J connectivity index is 1.38. The smallest absolute Gasteiger partial charge is 0.417 e. The van der Waals surface area contributed by atoms with Crippen molar-refractivity contribution in [2.45, 2.75) is 12.7 Å². The van der Waals surface area contributed by atoms with Gasteiger partial charge in [0.1, 0.15) is 16.2 Å². The molecule has 0 aliphatic carbocycles. The molecule has 5 heterocycles. The molecule has 15 heteroatoms. The second-order valence-electron chi connectivity index (χ2n) is 9.22. The topological polar surface area (TPSA) is 116 Å². The summed E-state index contributed by atoms with van der Waals surface area (Å²) in [6.07, 6.45) is 2.23. The van der Waals surface area contributed by atoms with Gasteiger partial charge in [-0.25, -0.2) is 14.5 Å². The maximum atomic E-state index is 13.8. The Morgan fingerprint density at radius 3 is 2.60 bits per heavy atom. The lowest BCUT2D eigenvalue weighted by Gasteiger charge is -2.15. The van der Waals surface area contributed by atoms with Crippen molar-refractivity contribution in [3.05, 3.63) is 93.9 Å². The number of nitrogens with one attached hydrogen (secondary N) is 2. The Bertz CT molecular complexity index is 2000. The molecule has 0 aliphatic rings. The SMILES string of the molecule is CNc1nccn2ncc(Oc3cnc4nc(Nc5cc(C(F)(F)F)cn(Cc6ccccc6)c5=O)n(C)c4c3Cl)c12. The molecule has 0 spiro atoms. The summed E-state index contributed by atoms with van der Waals surface area (Å²) >= 11 is 6.71. The summed E-state index contributed by atoms with van der Waals surface area (Å²) in [5.41, 5.74) is -0.216. The van der Waals surface area contributed by atoms with Crippen LogP contribution in [0.4, 0.5) is 30.6 Å². The number of aryl methyl sites for hydroxylation is 1. The van der Waals surface area contributed by atoms with E-state index in [1.165, 1.54) is 17.0 Å². The molecule has 6 aromatic rings. The minimum absolute atomic E-state index is 0.0523. The summed E-state index contributed by atoms with van der Waals surface area (Å²) in [6.45, 7) is -0.0523. The number of benzene rings is 1. The molecule has 0 bridgehead atoms. The van der Waals surface area contributed by atoms with Gasteiger partial charge in [0.05, 0.1) is 24.5 Å². The van der Waals surface area contributed by atoms with Gasteiger partial charge in [0.15, 0.2) is 28.5 Å². The molecule has 42 heavy (non-hydrogen) atoms. The van der Waals surface area contributed by atoms with Crippen molar-refractivity contribution in [3.63, 3.8) is 0 Å². The van der Waals surface area contributed by atoms with Gasteiger partial charge < -0.3 is 24.5 Å². The van der Waals surface area contributed by atoms with E-state index in [1.807, 2.05) is 0 Å². The number of imidazole rings is 1. The van der Waals surface area contributed by atoms with Gasteiger partial charge in [-0.1, -0.05) is 41.9 Å². The number of fused-ring (bicyclic) bond motifs is 2. The van der Waals surface area contributed by atoms with Crippen molar-refractivity contribution in [1.82, 2.24) is 33.7 Å². The van der Waals surface area contributed by atoms with Crippen LogP contribution in [-0.2, 0) is 19.8 Å². The lowest BCUT2D eigenvalue weighted by molar-refractivity contribution is -0.138. The number of nitrogens with zero attached hydrogens (tertiary/aromatic N) is 7. The van der Waals surface area contributed by atoms with E-state index >= 15 is 0 Å². The van der Waals surface area contributed by atoms with E-state index in [1.54, 1.807) is 61.3 Å². The van der Waals surface area contributed by atoms with Gasteiger partial charge in [0.2, 0.25) is 5.95 Å². The van der Waals surface area contributed by atoms with Crippen LogP contribution in [0.15, 0.2) is 72.2 Å². The van der Waals surface area contributed by atoms with Crippen molar-refractivity contribution in [2.75, 3.05) is 17.7 Å². The average Bonchev–Trinajstić information content (AvgIpc) is 3.53. The molecule has 214 valence electrons. The van der Waals surface area contributed by atoms with Crippen molar-refractivity contribution in [2.24, 2.45) is 7.05 Å². The van der Waals surface area contributed by atoms with Crippen LogP contribution in [0.3, 0.4) is 0 Å². The Hall–Kier alpha value is -5.11. The van der Waals surface area contributed by atoms with E-state index in [2.05, 4.69) is 30.7 Å². The van der Waals surface area contributed by atoms with Crippen LogP contribution in [0.2, 0.25) is 5.02 Å². The van der Waals surface area contributed by atoms with E-state index in [0.29, 0.717) is 28.2 Å². The molecule has 0 amide bonds. The normalized spacial score (nSPS) is 11.8. The van der Waals surface area contributed by atoms with E-state index in [4.69, 9.17) is 16.3 Å². The predicted octanol–water partition coefficient (Wildman–Crippen LogP) is 5.47. The summed E-state index contributed by atoms with van der Waals surface area (Å²) in [4.78, 5) is 26.2. The van der Waals surface area contributed by atoms with Crippen LogP contribution in [0.1, 0.15) is 11.1 Å². The second-order valence-corrected chi connectivity index (χ2v) is 9.59. The average molecular weight is 596 g/mol. The third-order valence-electron chi connectivity index (χ3n) is 6.52. The van der Waals surface area contributed by atoms with E-state index in [-0.39, 0.29) is 34.6 Å².